The van der Waals surface area contributed by atoms with Crippen LogP contribution < -0.4 is 0 Å². The molecule has 4 heteroatoms. The van der Waals surface area contributed by atoms with E-state index in [2.05, 4.69) is 5.10 Å². The normalized spacial score (nSPS) is 10.6. The molecule has 0 amide bonds. The van der Waals surface area contributed by atoms with Gasteiger partial charge >= 0.3 is 0 Å². The molecule has 0 aliphatic carbocycles. The van der Waals surface area contributed by atoms with Crippen LogP contribution in [0.2, 0.25) is 0 Å². The molecule has 78 valence electrons. The highest BCUT2D eigenvalue weighted by Crippen LogP contribution is 2.17. The third-order valence-electron chi connectivity index (χ3n) is 2.52. The molecule has 2 rings (SSSR count). The van der Waals surface area contributed by atoms with Crippen molar-refractivity contribution in [2.24, 2.45) is 7.05 Å². The second kappa shape index (κ2) is 3.38. The number of furan rings is 1. The molecule has 0 saturated carbocycles. The predicted molar refractivity (Wildman–Crippen MR) is 54.8 cm³/mol. The van der Waals surface area contributed by atoms with Crippen LogP contribution in [-0.4, -0.2) is 15.6 Å². The standard InChI is InChI=1S/C11H12N2O2/c1-7-10(8(2)13(3)12-7)11(14)9-4-5-15-6-9/h4-6H,1-3H3. The van der Waals surface area contributed by atoms with Crippen molar-refractivity contribution in [3.63, 3.8) is 0 Å². The van der Waals surface area contributed by atoms with Gasteiger partial charge in [-0.05, 0) is 19.9 Å². The summed E-state index contributed by atoms with van der Waals surface area (Å²) in [7, 11) is 1.83. The zero-order chi connectivity index (χ0) is 11.0. The fraction of sp³-hybridized carbons (Fsp3) is 0.273. The van der Waals surface area contributed by atoms with Crippen molar-refractivity contribution in [3.8, 4) is 0 Å². The fourth-order valence-electron chi connectivity index (χ4n) is 1.64. The largest absolute Gasteiger partial charge is 0.472 e. The summed E-state index contributed by atoms with van der Waals surface area (Å²) < 4.78 is 6.61. The Balaban J connectivity index is 2.51. The van der Waals surface area contributed by atoms with Crippen molar-refractivity contribution < 1.29 is 9.21 Å². The van der Waals surface area contributed by atoms with Gasteiger partial charge < -0.3 is 4.42 Å². The smallest absolute Gasteiger partial charge is 0.199 e. The first-order valence-corrected chi connectivity index (χ1v) is 4.68. The highest BCUT2D eigenvalue weighted by molar-refractivity contribution is 6.10. The van der Waals surface area contributed by atoms with Gasteiger partial charge in [0.25, 0.3) is 0 Å². The van der Waals surface area contributed by atoms with E-state index in [1.54, 1.807) is 10.7 Å². The quantitative estimate of drug-likeness (QED) is 0.701. The van der Waals surface area contributed by atoms with Crippen molar-refractivity contribution in [1.82, 2.24) is 9.78 Å². The minimum Gasteiger partial charge on any atom is -0.472 e. The van der Waals surface area contributed by atoms with Crippen LogP contribution >= 0.6 is 0 Å². The molecular weight excluding hydrogens is 192 g/mol. The average Bonchev–Trinajstić information content (AvgIpc) is 2.76. The maximum absolute atomic E-state index is 12.0. The first-order chi connectivity index (χ1) is 7.11. The van der Waals surface area contributed by atoms with Gasteiger partial charge in [0.2, 0.25) is 0 Å². The van der Waals surface area contributed by atoms with Gasteiger partial charge in [-0.15, -0.1) is 0 Å². The zero-order valence-electron chi connectivity index (χ0n) is 8.94. The Kier molecular flexibility index (Phi) is 2.19. The van der Waals surface area contributed by atoms with Crippen molar-refractivity contribution in [2.45, 2.75) is 13.8 Å². The Bertz CT molecular complexity index is 495. The van der Waals surface area contributed by atoms with E-state index in [1.165, 1.54) is 12.5 Å². The maximum atomic E-state index is 12.0. The van der Waals surface area contributed by atoms with Crippen molar-refractivity contribution in [2.75, 3.05) is 0 Å². The van der Waals surface area contributed by atoms with Gasteiger partial charge in [-0.25, -0.2) is 0 Å². The molecule has 15 heavy (non-hydrogen) atoms. The van der Waals surface area contributed by atoms with Gasteiger partial charge in [0.1, 0.15) is 6.26 Å². The Labute approximate surface area is 87.5 Å². The number of carbonyl (C=O) groups excluding carboxylic acids is 1. The van der Waals surface area contributed by atoms with E-state index in [4.69, 9.17) is 4.42 Å². The lowest BCUT2D eigenvalue weighted by atomic mass is 10.0. The molecule has 0 aliphatic rings. The van der Waals surface area contributed by atoms with Gasteiger partial charge in [0.15, 0.2) is 5.78 Å². The third-order valence-corrected chi connectivity index (χ3v) is 2.52. The minimum absolute atomic E-state index is 0.0353. The Morgan fingerprint density at radius 2 is 2.20 bits per heavy atom. The first-order valence-electron chi connectivity index (χ1n) is 4.68. The number of aryl methyl sites for hydroxylation is 2. The van der Waals surface area contributed by atoms with Gasteiger partial charge in [0.05, 0.1) is 23.1 Å². The van der Waals surface area contributed by atoms with E-state index in [1.807, 2.05) is 20.9 Å². The second-order valence-corrected chi connectivity index (χ2v) is 3.51. The highest BCUT2D eigenvalue weighted by Gasteiger charge is 2.19. The van der Waals surface area contributed by atoms with Crippen LogP contribution in [0.4, 0.5) is 0 Å². The van der Waals surface area contributed by atoms with Gasteiger partial charge in [0, 0.05) is 12.7 Å². The Morgan fingerprint density at radius 3 is 2.67 bits per heavy atom. The summed E-state index contributed by atoms with van der Waals surface area (Å²) in [5.74, 6) is -0.0353. The highest BCUT2D eigenvalue weighted by atomic mass is 16.3. The molecule has 4 nitrogen and oxygen atoms in total. The lowest BCUT2D eigenvalue weighted by Gasteiger charge is -1.98. The number of ketones is 1. The molecule has 0 bridgehead atoms. The fourth-order valence-corrected chi connectivity index (χ4v) is 1.64. The first kappa shape index (κ1) is 9.71. The van der Waals surface area contributed by atoms with Crippen LogP contribution in [0, 0.1) is 13.8 Å². The molecule has 2 aromatic rings. The SMILES string of the molecule is Cc1nn(C)c(C)c1C(=O)c1ccoc1. The van der Waals surface area contributed by atoms with E-state index >= 15 is 0 Å². The van der Waals surface area contributed by atoms with Gasteiger partial charge in [-0.3, -0.25) is 9.48 Å². The number of aromatic nitrogens is 2. The van der Waals surface area contributed by atoms with E-state index in [0.717, 1.165) is 11.4 Å². The van der Waals surface area contributed by atoms with Crippen LogP contribution in [0.1, 0.15) is 27.3 Å². The molecular formula is C11H12N2O2. The van der Waals surface area contributed by atoms with E-state index < -0.39 is 0 Å². The molecule has 0 aliphatic heterocycles. The summed E-state index contributed by atoms with van der Waals surface area (Å²) in [4.78, 5) is 12.0. The monoisotopic (exact) mass is 204 g/mol. The van der Waals surface area contributed by atoms with Crippen LogP contribution in [0.25, 0.3) is 0 Å². The van der Waals surface area contributed by atoms with Crippen molar-refractivity contribution in [1.29, 1.82) is 0 Å². The number of nitrogens with zero attached hydrogens (tertiary/aromatic N) is 2. The molecule has 2 heterocycles. The summed E-state index contributed by atoms with van der Waals surface area (Å²) in [6.07, 6.45) is 2.95. The Morgan fingerprint density at radius 1 is 1.47 bits per heavy atom. The summed E-state index contributed by atoms with van der Waals surface area (Å²) in [6, 6.07) is 1.66. The molecule has 0 aromatic carbocycles. The molecule has 0 spiro atoms. The summed E-state index contributed by atoms with van der Waals surface area (Å²) >= 11 is 0. The second-order valence-electron chi connectivity index (χ2n) is 3.51. The molecule has 2 aromatic heterocycles. The molecule has 0 unspecified atom stereocenters. The van der Waals surface area contributed by atoms with E-state index in [-0.39, 0.29) is 5.78 Å². The predicted octanol–water partition coefficient (Wildman–Crippen LogP) is 1.86. The van der Waals surface area contributed by atoms with Crippen molar-refractivity contribution in [3.05, 3.63) is 41.1 Å². The number of rotatable bonds is 2. The van der Waals surface area contributed by atoms with Crippen LogP contribution in [-0.2, 0) is 7.05 Å². The summed E-state index contributed by atoms with van der Waals surface area (Å²) in [5, 5.41) is 4.21. The third kappa shape index (κ3) is 1.48. The lowest BCUT2D eigenvalue weighted by molar-refractivity contribution is 0.103. The number of hydrogen-bond acceptors (Lipinski definition) is 3. The van der Waals surface area contributed by atoms with Crippen LogP contribution in [0.5, 0.6) is 0 Å². The van der Waals surface area contributed by atoms with E-state index in [0.29, 0.717) is 11.1 Å². The zero-order valence-corrected chi connectivity index (χ0v) is 8.94. The average molecular weight is 204 g/mol. The van der Waals surface area contributed by atoms with Crippen LogP contribution in [0.3, 0.4) is 0 Å². The van der Waals surface area contributed by atoms with Gasteiger partial charge in [-0.2, -0.15) is 5.10 Å². The topological polar surface area (TPSA) is 48.0 Å². The molecule has 0 fully saturated rings. The molecule has 0 saturated heterocycles. The van der Waals surface area contributed by atoms with Crippen molar-refractivity contribution >= 4 is 5.78 Å². The summed E-state index contributed by atoms with van der Waals surface area (Å²) in [6.45, 7) is 3.72. The van der Waals surface area contributed by atoms with E-state index in [9.17, 15) is 4.79 Å². The Hall–Kier alpha value is -1.84. The molecule has 0 radical (unpaired) electrons. The van der Waals surface area contributed by atoms with Crippen LogP contribution in [0.15, 0.2) is 23.0 Å². The molecule has 0 N–H and O–H groups in total. The maximum Gasteiger partial charge on any atom is 0.199 e. The lowest BCUT2D eigenvalue weighted by Crippen LogP contribution is -2.03. The number of hydrogen-bond donors (Lipinski definition) is 0. The number of carbonyl (C=O) groups is 1. The summed E-state index contributed by atoms with van der Waals surface area (Å²) in [5.41, 5.74) is 2.85. The van der Waals surface area contributed by atoms with Gasteiger partial charge in [-0.1, -0.05) is 0 Å². The molecule has 0 atom stereocenters. The minimum atomic E-state index is -0.0353.